The number of para-hydroxylation sites is 1. The zero-order valence-corrected chi connectivity index (χ0v) is 30.7. The van der Waals surface area contributed by atoms with Gasteiger partial charge in [0, 0.05) is 5.38 Å². The first kappa shape index (κ1) is 36.1. The molecule has 2 aromatic rings. The number of rotatable bonds is 10. The molecular formula is C35H50BN3O8S. The van der Waals surface area contributed by atoms with Crippen LogP contribution in [0, 0.1) is 17.3 Å². The van der Waals surface area contributed by atoms with E-state index in [1.165, 1.54) is 18.4 Å². The van der Waals surface area contributed by atoms with Crippen molar-refractivity contribution in [3.8, 4) is 5.75 Å². The maximum absolute atomic E-state index is 13.6. The van der Waals surface area contributed by atoms with Gasteiger partial charge in [0.15, 0.2) is 0 Å². The van der Waals surface area contributed by atoms with Crippen LogP contribution in [-0.2, 0) is 43.0 Å². The fourth-order valence-electron chi connectivity index (χ4n) is 7.40. The highest BCUT2D eigenvalue weighted by molar-refractivity contribution is 7.09. The number of alkyl carbamates (subject to hydrolysis) is 1. The normalized spacial score (nSPS) is 25.0. The minimum Gasteiger partial charge on any atom is -0.496 e. The summed E-state index contributed by atoms with van der Waals surface area (Å²) in [6.07, 6.45) is 1.73. The molecule has 4 aliphatic rings. The van der Waals surface area contributed by atoms with Gasteiger partial charge in [0.2, 0.25) is 5.91 Å². The fraction of sp³-hybridized carbons (Fsp3) is 0.657. The Morgan fingerprint density at radius 1 is 1.08 bits per heavy atom. The van der Waals surface area contributed by atoms with E-state index in [1.54, 1.807) is 32.9 Å². The largest absolute Gasteiger partial charge is 0.496 e. The van der Waals surface area contributed by atoms with Crippen molar-refractivity contribution in [3.05, 3.63) is 45.4 Å². The number of nitrogens with one attached hydrogen (secondary N) is 2. The molecule has 5 atom stereocenters. The predicted octanol–water partition coefficient (Wildman–Crippen LogP) is 5.67. The summed E-state index contributed by atoms with van der Waals surface area (Å²) in [7, 11) is 0.809. The minimum atomic E-state index is -0.710. The van der Waals surface area contributed by atoms with Gasteiger partial charge in [-0.25, -0.2) is 14.6 Å². The number of esters is 1. The van der Waals surface area contributed by atoms with Gasteiger partial charge in [-0.3, -0.25) is 4.79 Å². The molecule has 262 valence electrons. The number of benzene rings is 1. The van der Waals surface area contributed by atoms with Crippen LogP contribution in [0.25, 0.3) is 0 Å². The number of carbonyl (C=O) groups is 3. The molecule has 2 amide bonds. The van der Waals surface area contributed by atoms with Crippen molar-refractivity contribution < 1.29 is 37.9 Å². The summed E-state index contributed by atoms with van der Waals surface area (Å²) >= 11 is 1.36. The minimum absolute atomic E-state index is 0.0274. The van der Waals surface area contributed by atoms with E-state index in [-0.39, 0.29) is 30.4 Å². The van der Waals surface area contributed by atoms with E-state index in [0.717, 1.165) is 12.8 Å². The molecule has 0 spiro atoms. The Labute approximate surface area is 288 Å². The molecule has 2 heterocycles. The van der Waals surface area contributed by atoms with Crippen molar-refractivity contribution in [3.63, 3.8) is 0 Å². The van der Waals surface area contributed by atoms with Gasteiger partial charge in [0.05, 0.1) is 43.4 Å². The monoisotopic (exact) mass is 683 g/mol. The number of aromatic nitrogens is 1. The number of nitrogens with zero attached hydrogens (tertiary/aromatic N) is 1. The first-order chi connectivity index (χ1) is 22.3. The van der Waals surface area contributed by atoms with Crippen molar-refractivity contribution in [2.24, 2.45) is 17.3 Å². The molecule has 48 heavy (non-hydrogen) atoms. The van der Waals surface area contributed by atoms with Crippen molar-refractivity contribution in [1.29, 1.82) is 0 Å². The maximum Gasteiger partial charge on any atom is 0.482 e. The van der Waals surface area contributed by atoms with Crippen LogP contribution in [0.2, 0.25) is 0 Å². The fourth-order valence-corrected chi connectivity index (χ4v) is 8.13. The topological polar surface area (TPSA) is 134 Å². The molecule has 1 aromatic heterocycles. The number of ether oxygens (including phenoxy) is 3. The first-order valence-corrected chi connectivity index (χ1v) is 17.6. The van der Waals surface area contributed by atoms with E-state index in [1.807, 2.05) is 32.2 Å². The summed E-state index contributed by atoms with van der Waals surface area (Å²) in [6.45, 7) is 17.8. The average Bonchev–Trinajstić information content (AvgIpc) is 3.56. The van der Waals surface area contributed by atoms with Gasteiger partial charge in [-0.05, 0) is 96.6 Å². The second-order valence-corrected chi connectivity index (χ2v) is 16.9. The smallest absolute Gasteiger partial charge is 0.482 e. The Bertz CT molecular complexity index is 1530. The Hall–Kier alpha value is -3.16. The molecule has 0 radical (unpaired) electrons. The summed E-state index contributed by atoms with van der Waals surface area (Å²) in [5, 5.41) is 8.34. The van der Waals surface area contributed by atoms with E-state index in [4.69, 9.17) is 23.5 Å². The Balaban J connectivity index is 1.34. The Morgan fingerprint density at radius 2 is 1.79 bits per heavy atom. The van der Waals surface area contributed by atoms with Gasteiger partial charge in [-0.2, -0.15) is 0 Å². The van der Waals surface area contributed by atoms with Crippen molar-refractivity contribution in [1.82, 2.24) is 15.6 Å². The highest BCUT2D eigenvalue weighted by Crippen LogP contribution is 2.65. The molecule has 11 nitrogen and oxygen atoms in total. The van der Waals surface area contributed by atoms with Crippen LogP contribution in [0.5, 0.6) is 5.75 Å². The molecule has 2 N–H and O–H groups in total. The lowest BCUT2D eigenvalue weighted by Gasteiger charge is -2.64. The molecule has 13 heteroatoms. The predicted molar refractivity (Wildman–Crippen MR) is 183 cm³/mol. The lowest BCUT2D eigenvalue weighted by atomic mass is 9.43. The number of hydrogen-bond acceptors (Lipinski definition) is 10. The quantitative estimate of drug-likeness (QED) is 0.240. The lowest BCUT2D eigenvalue weighted by molar-refractivity contribution is -0.199. The van der Waals surface area contributed by atoms with Crippen LogP contribution < -0.4 is 15.4 Å². The SMILES string of the molecule is COc1c(C[C@H](NC(=O)Cc2csc(CNC(=O)OC(C)(C)C)n2)B2O[C@@H]3C[C@@H]4C[C@@H](C4(C)C)[C@]3(C)O2)cccc1C(=O)OC(C)(C)C. The zero-order chi connectivity index (χ0) is 35.2. The highest BCUT2D eigenvalue weighted by atomic mass is 32.1. The third kappa shape index (κ3) is 7.84. The van der Waals surface area contributed by atoms with Crippen LogP contribution in [0.4, 0.5) is 4.79 Å². The Kier molecular flexibility index (Phi) is 10.00. The summed E-state index contributed by atoms with van der Waals surface area (Å²) in [5.41, 5.74) is 0.00751. The van der Waals surface area contributed by atoms with Gasteiger partial charge in [0.1, 0.15) is 27.5 Å². The molecular weight excluding hydrogens is 633 g/mol. The average molecular weight is 684 g/mol. The number of methoxy groups -OCH3 is 1. The standard InChI is InChI=1S/C35H50BN3O8S/c1-32(2,3)44-30(41)23-13-11-12-20(29(23)43-10)14-26(36-46-25-16-21-15-24(34(21,7)8)35(25,9)47-36)39-27(40)17-22-19-48-28(38-22)18-37-31(42)45-33(4,5)6/h11-13,19,21,24-26H,14-18H2,1-10H3,(H,37,42)(H,39,40)/t21-,24-,25+,26-,35-/m0/s1. The van der Waals surface area contributed by atoms with Crippen LogP contribution in [0.1, 0.15) is 102 Å². The van der Waals surface area contributed by atoms with Gasteiger partial charge >= 0.3 is 19.2 Å². The van der Waals surface area contributed by atoms with E-state index in [0.29, 0.717) is 45.8 Å². The molecule has 1 saturated heterocycles. The molecule has 6 rings (SSSR count). The van der Waals surface area contributed by atoms with Gasteiger partial charge in [-0.15, -0.1) is 11.3 Å². The van der Waals surface area contributed by atoms with Crippen molar-refractivity contribution in [2.45, 2.75) is 123 Å². The number of thiazole rings is 1. The Morgan fingerprint density at radius 3 is 2.44 bits per heavy atom. The second-order valence-electron chi connectivity index (χ2n) is 16.0. The van der Waals surface area contributed by atoms with Crippen LogP contribution in [-0.4, -0.2) is 66.0 Å². The van der Waals surface area contributed by atoms with E-state index in [2.05, 4.69) is 36.4 Å². The lowest BCUT2D eigenvalue weighted by Crippen LogP contribution is -2.65. The maximum atomic E-state index is 13.6. The van der Waals surface area contributed by atoms with E-state index < -0.39 is 41.9 Å². The molecule has 2 bridgehead atoms. The third-order valence-electron chi connectivity index (χ3n) is 9.73. The van der Waals surface area contributed by atoms with E-state index in [9.17, 15) is 14.4 Å². The number of carbonyl (C=O) groups excluding carboxylic acids is 3. The summed E-state index contributed by atoms with van der Waals surface area (Å²) in [4.78, 5) is 43.3. The number of hydrogen-bond donors (Lipinski definition) is 2. The van der Waals surface area contributed by atoms with Gasteiger partial charge in [-0.1, -0.05) is 26.0 Å². The molecule has 0 unspecified atom stereocenters. The summed E-state index contributed by atoms with van der Waals surface area (Å²) in [6, 6.07) is 5.34. The second kappa shape index (κ2) is 13.3. The highest BCUT2D eigenvalue weighted by Gasteiger charge is 2.68. The molecule has 1 aromatic carbocycles. The van der Waals surface area contributed by atoms with Crippen molar-refractivity contribution >= 4 is 36.4 Å². The summed E-state index contributed by atoms with van der Waals surface area (Å²) < 4.78 is 30.1. The van der Waals surface area contributed by atoms with Crippen molar-refractivity contribution in [2.75, 3.05) is 7.11 Å². The van der Waals surface area contributed by atoms with Gasteiger partial charge in [0.25, 0.3) is 0 Å². The summed E-state index contributed by atoms with van der Waals surface area (Å²) in [5.74, 6) is -0.0204. The van der Waals surface area contributed by atoms with Crippen LogP contribution >= 0.6 is 11.3 Å². The first-order valence-electron chi connectivity index (χ1n) is 16.7. The number of amides is 2. The molecule has 3 aliphatic carbocycles. The van der Waals surface area contributed by atoms with Crippen LogP contribution in [0.15, 0.2) is 23.6 Å². The third-order valence-corrected chi connectivity index (χ3v) is 10.6. The molecule has 3 saturated carbocycles. The van der Waals surface area contributed by atoms with Gasteiger partial charge < -0.3 is 34.2 Å². The van der Waals surface area contributed by atoms with Crippen LogP contribution in [0.3, 0.4) is 0 Å². The van der Waals surface area contributed by atoms with E-state index >= 15 is 0 Å². The molecule has 4 fully saturated rings. The molecule has 1 aliphatic heterocycles. The zero-order valence-electron chi connectivity index (χ0n) is 29.9.